The summed E-state index contributed by atoms with van der Waals surface area (Å²) in [5, 5.41) is 6.25. The molecule has 0 amide bonds. The summed E-state index contributed by atoms with van der Waals surface area (Å²) >= 11 is 8.22. The highest BCUT2D eigenvalue weighted by Gasteiger charge is 2.20. The minimum absolute atomic E-state index is 0.808. The Hall–Kier alpha value is -1.03. The van der Waals surface area contributed by atoms with E-state index >= 15 is 0 Å². The molecule has 1 N–H and O–H groups in total. The molecule has 0 atom stereocenters. The van der Waals surface area contributed by atoms with E-state index in [-0.39, 0.29) is 0 Å². The third-order valence-electron chi connectivity index (χ3n) is 3.60. The number of anilines is 1. The van der Waals surface area contributed by atoms with Crippen molar-refractivity contribution in [2.75, 3.05) is 18.5 Å². The number of hydrogen-bond donors (Lipinski definition) is 1. The molecule has 0 bridgehead atoms. The summed E-state index contributed by atoms with van der Waals surface area (Å²) in [6.07, 6.45) is 1.14. The fourth-order valence-corrected chi connectivity index (χ4v) is 3.78. The zero-order valence-corrected chi connectivity index (χ0v) is 12.5. The van der Waals surface area contributed by atoms with Crippen LogP contribution < -0.4 is 10.2 Å². The smallest absolute Gasteiger partial charge is 0.0471 e. The third-order valence-corrected chi connectivity index (χ3v) is 4.97. The lowest BCUT2D eigenvalue weighted by molar-refractivity contribution is 0.729. The lowest BCUT2D eigenvalue weighted by Gasteiger charge is -2.31. The van der Waals surface area contributed by atoms with Gasteiger partial charge < -0.3 is 10.2 Å². The second kappa shape index (κ2) is 5.53. The minimum atomic E-state index is 0.808. The van der Waals surface area contributed by atoms with Gasteiger partial charge in [0.05, 0.1) is 0 Å². The number of thiophene rings is 1. The van der Waals surface area contributed by atoms with Crippen molar-refractivity contribution in [2.24, 2.45) is 0 Å². The van der Waals surface area contributed by atoms with Crippen LogP contribution in [-0.2, 0) is 19.5 Å². The molecule has 0 unspecified atom stereocenters. The van der Waals surface area contributed by atoms with Gasteiger partial charge in [-0.05, 0) is 42.6 Å². The van der Waals surface area contributed by atoms with Crippen molar-refractivity contribution < 1.29 is 0 Å². The Morgan fingerprint density at radius 1 is 1.37 bits per heavy atom. The minimum Gasteiger partial charge on any atom is -0.366 e. The van der Waals surface area contributed by atoms with E-state index in [2.05, 4.69) is 27.7 Å². The average Bonchev–Trinajstić information content (AvgIpc) is 2.88. The number of hydrogen-bond acceptors (Lipinski definition) is 3. The zero-order valence-electron chi connectivity index (χ0n) is 10.9. The fraction of sp³-hybridized carbons (Fsp3) is 0.333. The SMILES string of the molecule is CNCc1c(Cl)cccc1N1CCc2sccc2C1. The van der Waals surface area contributed by atoms with E-state index in [1.54, 1.807) is 0 Å². The number of fused-ring (bicyclic) bond motifs is 1. The largest absolute Gasteiger partial charge is 0.366 e. The van der Waals surface area contributed by atoms with E-state index in [1.807, 2.05) is 30.5 Å². The van der Waals surface area contributed by atoms with Gasteiger partial charge in [-0.2, -0.15) is 0 Å². The summed E-state index contributed by atoms with van der Waals surface area (Å²) < 4.78 is 0. The average molecular weight is 293 g/mol. The van der Waals surface area contributed by atoms with Crippen LogP contribution in [0.2, 0.25) is 5.02 Å². The molecule has 1 aromatic heterocycles. The summed E-state index contributed by atoms with van der Waals surface area (Å²) in [6, 6.07) is 8.43. The van der Waals surface area contributed by atoms with E-state index in [4.69, 9.17) is 11.6 Å². The van der Waals surface area contributed by atoms with Crippen LogP contribution in [0, 0.1) is 0 Å². The highest BCUT2D eigenvalue weighted by atomic mass is 35.5. The van der Waals surface area contributed by atoms with Gasteiger partial charge in [-0.25, -0.2) is 0 Å². The molecule has 0 saturated carbocycles. The van der Waals surface area contributed by atoms with Gasteiger partial charge in [-0.1, -0.05) is 17.7 Å². The topological polar surface area (TPSA) is 15.3 Å². The molecule has 3 rings (SSSR count). The molecule has 1 aliphatic rings. The van der Waals surface area contributed by atoms with Gasteiger partial charge in [0.2, 0.25) is 0 Å². The Kier molecular flexibility index (Phi) is 3.78. The molecule has 1 aliphatic heterocycles. The summed E-state index contributed by atoms with van der Waals surface area (Å²) in [6.45, 7) is 2.88. The van der Waals surface area contributed by atoms with Crippen molar-refractivity contribution in [3.05, 3.63) is 50.7 Å². The van der Waals surface area contributed by atoms with Crippen LogP contribution in [0.15, 0.2) is 29.6 Å². The first kappa shape index (κ1) is 13.0. The molecule has 0 fully saturated rings. The molecule has 2 aromatic rings. The highest BCUT2D eigenvalue weighted by Crippen LogP contribution is 2.32. The maximum atomic E-state index is 6.34. The molecule has 1 aromatic carbocycles. The molecule has 19 heavy (non-hydrogen) atoms. The van der Waals surface area contributed by atoms with E-state index in [0.29, 0.717) is 0 Å². The molecular weight excluding hydrogens is 276 g/mol. The van der Waals surface area contributed by atoms with Crippen LogP contribution in [0.1, 0.15) is 16.0 Å². The standard InChI is InChI=1S/C15H17ClN2S/c1-17-9-12-13(16)3-2-4-14(12)18-7-5-15-11(10-18)6-8-19-15/h2-4,6,8,17H,5,7,9-10H2,1H3. The first-order chi connectivity index (χ1) is 9.29. The van der Waals surface area contributed by atoms with Gasteiger partial charge in [0.25, 0.3) is 0 Å². The Morgan fingerprint density at radius 3 is 3.11 bits per heavy atom. The van der Waals surface area contributed by atoms with Gasteiger partial charge >= 0.3 is 0 Å². The Bertz CT molecular complexity index is 579. The molecule has 2 nitrogen and oxygen atoms in total. The molecule has 0 spiro atoms. The van der Waals surface area contributed by atoms with Crippen LogP contribution in [0.5, 0.6) is 0 Å². The normalized spacial score (nSPS) is 14.5. The third kappa shape index (κ3) is 2.50. The summed E-state index contributed by atoms with van der Waals surface area (Å²) in [7, 11) is 1.96. The van der Waals surface area contributed by atoms with Crippen LogP contribution in [0.25, 0.3) is 0 Å². The number of rotatable bonds is 3. The lowest BCUT2D eigenvalue weighted by Crippen LogP contribution is -2.30. The molecule has 100 valence electrons. The number of halogens is 1. The van der Waals surface area contributed by atoms with Crippen LogP contribution in [0.4, 0.5) is 5.69 Å². The van der Waals surface area contributed by atoms with Gasteiger partial charge in [0.1, 0.15) is 0 Å². The number of nitrogens with zero attached hydrogens (tertiary/aromatic N) is 1. The van der Waals surface area contributed by atoms with Crippen molar-refractivity contribution in [3.8, 4) is 0 Å². The first-order valence-corrected chi connectivity index (χ1v) is 7.77. The second-order valence-corrected chi connectivity index (χ2v) is 6.22. The maximum Gasteiger partial charge on any atom is 0.0471 e. The second-order valence-electron chi connectivity index (χ2n) is 4.81. The lowest BCUT2D eigenvalue weighted by atomic mass is 10.1. The monoisotopic (exact) mass is 292 g/mol. The van der Waals surface area contributed by atoms with E-state index in [1.165, 1.54) is 21.7 Å². The predicted molar refractivity (Wildman–Crippen MR) is 83.3 cm³/mol. The van der Waals surface area contributed by atoms with E-state index in [0.717, 1.165) is 31.1 Å². The van der Waals surface area contributed by atoms with E-state index in [9.17, 15) is 0 Å². The summed E-state index contributed by atoms with van der Waals surface area (Å²) in [4.78, 5) is 3.97. The van der Waals surface area contributed by atoms with Gasteiger partial charge in [-0.3, -0.25) is 0 Å². The molecular formula is C15H17ClN2S. The number of benzene rings is 1. The van der Waals surface area contributed by atoms with Crippen LogP contribution in [0.3, 0.4) is 0 Å². The van der Waals surface area contributed by atoms with Gasteiger partial charge in [0, 0.05) is 40.8 Å². The summed E-state index contributed by atoms with van der Waals surface area (Å²) in [5.41, 5.74) is 3.93. The number of nitrogens with one attached hydrogen (secondary N) is 1. The Labute approximate surface area is 123 Å². The Balaban J connectivity index is 1.93. The van der Waals surface area contributed by atoms with Crippen molar-refractivity contribution in [3.63, 3.8) is 0 Å². The Morgan fingerprint density at radius 2 is 2.26 bits per heavy atom. The van der Waals surface area contributed by atoms with Crippen LogP contribution in [-0.4, -0.2) is 13.6 Å². The predicted octanol–water partition coefficient (Wildman–Crippen LogP) is 3.68. The fourth-order valence-electron chi connectivity index (χ4n) is 2.65. The van der Waals surface area contributed by atoms with Crippen molar-refractivity contribution in [2.45, 2.75) is 19.5 Å². The van der Waals surface area contributed by atoms with Crippen molar-refractivity contribution in [1.82, 2.24) is 5.32 Å². The van der Waals surface area contributed by atoms with Crippen LogP contribution >= 0.6 is 22.9 Å². The van der Waals surface area contributed by atoms with Crippen molar-refractivity contribution >= 4 is 28.6 Å². The maximum absolute atomic E-state index is 6.34. The molecule has 0 aliphatic carbocycles. The quantitative estimate of drug-likeness (QED) is 0.928. The molecule has 0 saturated heterocycles. The first-order valence-electron chi connectivity index (χ1n) is 6.52. The molecule has 0 radical (unpaired) electrons. The van der Waals surface area contributed by atoms with Gasteiger partial charge in [0.15, 0.2) is 0 Å². The molecule has 4 heteroatoms. The highest BCUT2D eigenvalue weighted by molar-refractivity contribution is 7.10. The summed E-state index contributed by atoms with van der Waals surface area (Å²) in [5.74, 6) is 0. The van der Waals surface area contributed by atoms with Gasteiger partial charge in [-0.15, -0.1) is 11.3 Å². The van der Waals surface area contributed by atoms with Crippen molar-refractivity contribution in [1.29, 1.82) is 0 Å². The van der Waals surface area contributed by atoms with E-state index < -0.39 is 0 Å². The zero-order chi connectivity index (χ0) is 13.2. The molecule has 2 heterocycles.